The minimum absolute atomic E-state index is 0.0168. The second-order valence-electron chi connectivity index (χ2n) is 11.8. The van der Waals surface area contributed by atoms with E-state index in [4.69, 9.17) is 4.74 Å². The highest BCUT2D eigenvalue weighted by Crippen LogP contribution is 2.42. The molecule has 0 heterocycles. The standard InChI is InChI=1S/C35H45F3O2/c1-3-5-6-22-40-33-21-12-25(23-31(33)36)9-8-24-10-13-26(14-11-24)29-19-20-30(35(38)34(29)37)27-15-17-28(18-16-27)32(39)7-4-2/h3,8-9,12,19-21,23-24,26-28,32,39H,1,4-7,10-11,13-18,22H2,2H3/b9-8+. The smallest absolute Gasteiger partial charge is 0.165 e. The van der Waals surface area contributed by atoms with Crippen molar-refractivity contribution < 1.29 is 23.0 Å². The van der Waals surface area contributed by atoms with Gasteiger partial charge in [0.05, 0.1) is 12.7 Å². The summed E-state index contributed by atoms with van der Waals surface area (Å²) in [5, 5.41) is 10.3. The van der Waals surface area contributed by atoms with E-state index < -0.39 is 11.6 Å². The van der Waals surface area contributed by atoms with Crippen LogP contribution in [0.1, 0.15) is 112 Å². The minimum Gasteiger partial charge on any atom is -0.491 e. The molecule has 2 aliphatic carbocycles. The summed E-state index contributed by atoms with van der Waals surface area (Å²) in [5.41, 5.74) is 1.79. The molecule has 2 nitrogen and oxygen atoms in total. The maximum absolute atomic E-state index is 15.3. The third-order valence-electron chi connectivity index (χ3n) is 9.02. The highest BCUT2D eigenvalue weighted by Gasteiger charge is 2.31. The van der Waals surface area contributed by atoms with Gasteiger partial charge in [0.25, 0.3) is 0 Å². The second kappa shape index (κ2) is 14.9. The van der Waals surface area contributed by atoms with E-state index in [1.165, 1.54) is 6.07 Å². The van der Waals surface area contributed by atoms with Gasteiger partial charge in [0, 0.05) is 0 Å². The minimum atomic E-state index is -0.674. The molecule has 5 heteroatoms. The summed E-state index contributed by atoms with van der Waals surface area (Å²) in [4.78, 5) is 0. The molecule has 0 radical (unpaired) electrons. The lowest BCUT2D eigenvalue weighted by Gasteiger charge is -2.32. The average Bonchev–Trinajstić information content (AvgIpc) is 2.97. The molecule has 2 saturated carbocycles. The fraction of sp³-hybridized carbons (Fsp3) is 0.543. The van der Waals surface area contributed by atoms with Gasteiger partial charge >= 0.3 is 0 Å². The van der Waals surface area contributed by atoms with Crippen LogP contribution in [0.25, 0.3) is 6.08 Å². The Morgan fingerprint density at radius 3 is 2.12 bits per heavy atom. The van der Waals surface area contributed by atoms with Gasteiger partial charge in [-0.2, -0.15) is 0 Å². The van der Waals surface area contributed by atoms with Crippen molar-refractivity contribution >= 4 is 6.08 Å². The first-order valence-corrected chi connectivity index (χ1v) is 15.3. The summed E-state index contributed by atoms with van der Waals surface area (Å²) in [6.45, 7) is 6.21. The first kappa shape index (κ1) is 30.4. The van der Waals surface area contributed by atoms with Crippen LogP contribution in [0.3, 0.4) is 0 Å². The first-order valence-electron chi connectivity index (χ1n) is 15.3. The SMILES string of the molecule is C=CCCCOc1ccc(/C=C/C2CCC(c3ccc(C4CCC(C(O)CCC)CC4)c(F)c3F)CC2)cc1F. The molecule has 0 aromatic heterocycles. The van der Waals surface area contributed by atoms with Crippen LogP contribution in [0, 0.1) is 29.3 Å². The molecule has 0 aliphatic heterocycles. The molecule has 1 N–H and O–H groups in total. The van der Waals surface area contributed by atoms with Crippen molar-refractivity contribution in [3.05, 3.63) is 83.2 Å². The monoisotopic (exact) mass is 554 g/mol. The lowest BCUT2D eigenvalue weighted by Crippen LogP contribution is -2.25. The van der Waals surface area contributed by atoms with Gasteiger partial charge in [0.2, 0.25) is 0 Å². The van der Waals surface area contributed by atoms with Crippen LogP contribution in [-0.2, 0) is 0 Å². The van der Waals surface area contributed by atoms with Crippen molar-refractivity contribution in [3.8, 4) is 5.75 Å². The van der Waals surface area contributed by atoms with Crippen LogP contribution in [0.5, 0.6) is 5.75 Å². The topological polar surface area (TPSA) is 29.5 Å². The summed E-state index contributed by atoms with van der Waals surface area (Å²) in [7, 11) is 0. The van der Waals surface area contributed by atoms with E-state index in [-0.39, 0.29) is 35.4 Å². The molecule has 0 bridgehead atoms. The number of hydrogen-bond donors (Lipinski definition) is 1. The van der Waals surface area contributed by atoms with Gasteiger partial charge in [-0.25, -0.2) is 13.2 Å². The van der Waals surface area contributed by atoms with Crippen molar-refractivity contribution in [1.82, 2.24) is 0 Å². The van der Waals surface area contributed by atoms with Crippen LogP contribution in [-0.4, -0.2) is 17.8 Å². The van der Waals surface area contributed by atoms with Gasteiger partial charge < -0.3 is 9.84 Å². The Balaban J connectivity index is 1.29. The number of rotatable bonds is 12. The zero-order valence-corrected chi connectivity index (χ0v) is 23.9. The maximum Gasteiger partial charge on any atom is 0.165 e. The van der Waals surface area contributed by atoms with Gasteiger partial charge in [0.15, 0.2) is 23.2 Å². The molecule has 0 spiro atoms. The summed E-state index contributed by atoms with van der Waals surface area (Å²) in [6.07, 6.45) is 15.7. The molecular weight excluding hydrogens is 509 g/mol. The van der Waals surface area contributed by atoms with Gasteiger partial charge in [-0.3, -0.25) is 0 Å². The van der Waals surface area contributed by atoms with Crippen molar-refractivity contribution in [1.29, 1.82) is 0 Å². The molecule has 4 rings (SSSR count). The summed E-state index contributed by atoms with van der Waals surface area (Å²) >= 11 is 0. The third kappa shape index (κ3) is 7.81. The van der Waals surface area contributed by atoms with Crippen LogP contribution in [0.2, 0.25) is 0 Å². The third-order valence-corrected chi connectivity index (χ3v) is 9.02. The molecule has 1 unspecified atom stereocenters. The molecule has 0 saturated heterocycles. The quantitative estimate of drug-likeness (QED) is 0.209. The molecule has 0 amide bonds. The summed E-state index contributed by atoms with van der Waals surface area (Å²) in [5.74, 6) is -0.801. The highest BCUT2D eigenvalue weighted by atomic mass is 19.2. The molecule has 40 heavy (non-hydrogen) atoms. The summed E-state index contributed by atoms with van der Waals surface area (Å²) < 4.78 is 50.4. The molecule has 2 aromatic rings. The predicted octanol–water partition coefficient (Wildman–Crippen LogP) is 9.87. The second-order valence-corrected chi connectivity index (χ2v) is 11.8. The lowest BCUT2D eigenvalue weighted by molar-refractivity contribution is 0.0727. The molecular formula is C35H45F3O2. The zero-order chi connectivity index (χ0) is 28.5. The fourth-order valence-electron chi connectivity index (χ4n) is 6.57. The Hall–Kier alpha value is -2.53. The van der Waals surface area contributed by atoms with E-state index in [0.29, 0.717) is 23.7 Å². The van der Waals surface area contributed by atoms with Crippen molar-refractivity contribution in [2.24, 2.45) is 11.8 Å². The maximum atomic E-state index is 15.3. The number of unbranched alkanes of at least 4 members (excludes halogenated alkanes) is 1. The number of ether oxygens (including phenoxy) is 1. The van der Waals surface area contributed by atoms with E-state index in [2.05, 4.69) is 19.6 Å². The zero-order valence-electron chi connectivity index (χ0n) is 23.9. The van der Waals surface area contributed by atoms with Crippen LogP contribution < -0.4 is 4.74 Å². The van der Waals surface area contributed by atoms with E-state index in [9.17, 15) is 9.50 Å². The van der Waals surface area contributed by atoms with Gasteiger partial charge in [0.1, 0.15) is 0 Å². The van der Waals surface area contributed by atoms with Gasteiger partial charge in [-0.15, -0.1) is 6.58 Å². The normalized spacial score (nSPS) is 24.2. The van der Waals surface area contributed by atoms with Crippen LogP contribution in [0.4, 0.5) is 13.2 Å². The Kier molecular flexibility index (Phi) is 11.3. The first-order chi connectivity index (χ1) is 19.4. The molecule has 1 atom stereocenters. The van der Waals surface area contributed by atoms with Gasteiger partial charge in [-0.05, 0) is 123 Å². The molecule has 2 aromatic carbocycles. The number of halogens is 3. The van der Waals surface area contributed by atoms with E-state index in [0.717, 1.165) is 82.6 Å². The number of aliphatic hydroxyl groups excluding tert-OH is 1. The Morgan fingerprint density at radius 2 is 1.55 bits per heavy atom. The number of aliphatic hydroxyl groups is 1. The lowest BCUT2D eigenvalue weighted by atomic mass is 9.74. The molecule has 218 valence electrons. The Labute approximate surface area is 238 Å². The fourth-order valence-corrected chi connectivity index (χ4v) is 6.57. The van der Waals surface area contributed by atoms with Crippen molar-refractivity contribution in [3.63, 3.8) is 0 Å². The Bertz CT molecular complexity index is 1130. The van der Waals surface area contributed by atoms with Gasteiger partial charge in [-0.1, -0.05) is 49.8 Å². The number of allylic oxidation sites excluding steroid dienone is 2. The average molecular weight is 555 g/mol. The van der Waals surface area contributed by atoms with Crippen molar-refractivity contribution in [2.75, 3.05) is 6.61 Å². The largest absolute Gasteiger partial charge is 0.491 e. The highest BCUT2D eigenvalue weighted by molar-refractivity contribution is 5.51. The van der Waals surface area contributed by atoms with E-state index >= 15 is 8.78 Å². The predicted molar refractivity (Wildman–Crippen MR) is 157 cm³/mol. The van der Waals surface area contributed by atoms with E-state index in [1.54, 1.807) is 6.07 Å². The molecule has 2 aliphatic rings. The van der Waals surface area contributed by atoms with Crippen molar-refractivity contribution in [2.45, 2.75) is 102 Å². The number of hydrogen-bond acceptors (Lipinski definition) is 2. The van der Waals surface area contributed by atoms with Crippen LogP contribution >= 0.6 is 0 Å². The number of benzene rings is 2. The Morgan fingerprint density at radius 1 is 0.925 bits per heavy atom. The summed E-state index contributed by atoms with van der Waals surface area (Å²) in [6, 6.07) is 8.64. The van der Waals surface area contributed by atoms with E-state index in [1.807, 2.05) is 30.4 Å². The molecule has 2 fully saturated rings. The van der Waals surface area contributed by atoms with Crippen LogP contribution in [0.15, 0.2) is 49.1 Å².